The number of amides is 2. The molecule has 1 unspecified atom stereocenters. The smallest absolute Gasteiger partial charge is 0.320 e. The summed E-state index contributed by atoms with van der Waals surface area (Å²) in [4.78, 5) is 28.9. The van der Waals surface area contributed by atoms with Crippen molar-refractivity contribution in [3.05, 3.63) is 0 Å². The minimum absolute atomic E-state index is 0.0727. The van der Waals surface area contributed by atoms with E-state index >= 15 is 0 Å². The summed E-state index contributed by atoms with van der Waals surface area (Å²) in [5, 5.41) is 8.77. The Bertz CT molecular complexity index is 354. The second-order valence-corrected chi connectivity index (χ2v) is 5.96. The van der Waals surface area contributed by atoms with Crippen LogP contribution in [0.2, 0.25) is 0 Å². The van der Waals surface area contributed by atoms with Crippen molar-refractivity contribution in [1.29, 1.82) is 0 Å². The number of likely N-dealkylation sites (tertiary alicyclic amines) is 1. The average Bonchev–Trinajstić information content (AvgIpc) is 2.63. The lowest BCUT2D eigenvalue weighted by Crippen LogP contribution is -2.53. The number of urea groups is 1. The maximum atomic E-state index is 12.5. The molecule has 114 valence electrons. The van der Waals surface area contributed by atoms with E-state index in [9.17, 15) is 9.59 Å². The summed E-state index contributed by atoms with van der Waals surface area (Å²) in [6.07, 6.45) is 3.38. The van der Waals surface area contributed by atoms with Gasteiger partial charge in [0.2, 0.25) is 0 Å². The second kappa shape index (κ2) is 6.92. The van der Waals surface area contributed by atoms with Gasteiger partial charge in [-0.05, 0) is 25.2 Å². The van der Waals surface area contributed by atoms with Gasteiger partial charge in [-0.15, -0.1) is 0 Å². The minimum atomic E-state index is -0.800. The fourth-order valence-corrected chi connectivity index (χ4v) is 2.94. The molecule has 0 aromatic carbocycles. The van der Waals surface area contributed by atoms with Crippen molar-refractivity contribution in [2.45, 2.75) is 26.2 Å². The van der Waals surface area contributed by atoms with Gasteiger partial charge in [0.25, 0.3) is 0 Å². The van der Waals surface area contributed by atoms with E-state index in [1.807, 2.05) is 14.7 Å². The summed E-state index contributed by atoms with van der Waals surface area (Å²) in [6, 6.07) is 0.133. The van der Waals surface area contributed by atoms with Gasteiger partial charge in [0.15, 0.2) is 0 Å². The number of carboxylic acids is 1. The molecule has 0 aromatic rings. The Hall–Kier alpha value is -1.30. The molecule has 1 N–H and O–H groups in total. The molecule has 20 heavy (non-hydrogen) atoms. The van der Waals surface area contributed by atoms with E-state index in [1.54, 1.807) is 0 Å². The molecule has 2 amide bonds. The molecular weight excluding hydrogens is 258 g/mol. The van der Waals surface area contributed by atoms with Gasteiger partial charge in [0.1, 0.15) is 0 Å². The molecule has 2 aliphatic rings. The average molecular weight is 283 g/mol. The number of hydrogen-bond acceptors (Lipinski definition) is 3. The standard InChI is InChI=1S/C14H25N3O3/c1-12-3-2-5-16(6-4-12)14(20)17-9-7-15(8-10-17)11-13(18)19/h12H,2-11H2,1H3,(H,18,19). The Morgan fingerprint density at radius 3 is 2.30 bits per heavy atom. The molecule has 2 saturated heterocycles. The zero-order chi connectivity index (χ0) is 14.5. The van der Waals surface area contributed by atoms with Crippen LogP contribution in [0, 0.1) is 5.92 Å². The van der Waals surface area contributed by atoms with E-state index in [2.05, 4.69) is 6.92 Å². The molecular formula is C14H25N3O3. The maximum absolute atomic E-state index is 12.5. The van der Waals surface area contributed by atoms with Crippen LogP contribution < -0.4 is 0 Å². The van der Waals surface area contributed by atoms with E-state index in [0.717, 1.165) is 25.9 Å². The van der Waals surface area contributed by atoms with Gasteiger partial charge in [-0.1, -0.05) is 6.92 Å². The van der Waals surface area contributed by atoms with Gasteiger partial charge in [0, 0.05) is 39.3 Å². The van der Waals surface area contributed by atoms with Crippen LogP contribution in [0.1, 0.15) is 26.2 Å². The third kappa shape index (κ3) is 4.10. The van der Waals surface area contributed by atoms with Crippen LogP contribution in [0.25, 0.3) is 0 Å². The molecule has 2 fully saturated rings. The number of piperazine rings is 1. The molecule has 0 bridgehead atoms. The lowest BCUT2D eigenvalue weighted by Gasteiger charge is -2.36. The quantitative estimate of drug-likeness (QED) is 0.819. The first kappa shape index (κ1) is 15.1. The van der Waals surface area contributed by atoms with Crippen LogP contribution in [-0.2, 0) is 4.79 Å². The molecule has 2 rings (SSSR count). The number of hydrogen-bond donors (Lipinski definition) is 1. The second-order valence-electron chi connectivity index (χ2n) is 5.96. The highest BCUT2D eigenvalue weighted by Gasteiger charge is 2.26. The van der Waals surface area contributed by atoms with Crippen molar-refractivity contribution in [3.63, 3.8) is 0 Å². The van der Waals surface area contributed by atoms with Crippen molar-refractivity contribution in [2.75, 3.05) is 45.8 Å². The largest absolute Gasteiger partial charge is 0.480 e. The molecule has 0 spiro atoms. The third-order valence-corrected chi connectivity index (χ3v) is 4.29. The maximum Gasteiger partial charge on any atom is 0.320 e. The molecule has 2 heterocycles. The van der Waals surface area contributed by atoms with Gasteiger partial charge >= 0.3 is 12.0 Å². The fraction of sp³-hybridized carbons (Fsp3) is 0.857. The SMILES string of the molecule is CC1CCCN(C(=O)N2CCN(CC(=O)O)CC2)CC1. The van der Waals surface area contributed by atoms with Crippen molar-refractivity contribution >= 4 is 12.0 Å². The molecule has 2 aliphatic heterocycles. The fourth-order valence-electron chi connectivity index (χ4n) is 2.94. The summed E-state index contributed by atoms with van der Waals surface area (Å²) in [6.45, 7) is 6.62. The summed E-state index contributed by atoms with van der Waals surface area (Å²) >= 11 is 0. The van der Waals surface area contributed by atoms with Crippen molar-refractivity contribution in [3.8, 4) is 0 Å². The van der Waals surface area contributed by atoms with Gasteiger partial charge in [-0.25, -0.2) is 4.79 Å². The van der Waals surface area contributed by atoms with Crippen molar-refractivity contribution < 1.29 is 14.7 Å². The van der Waals surface area contributed by atoms with E-state index in [-0.39, 0.29) is 12.6 Å². The number of aliphatic carboxylic acids is 1. The van der Waals surface area contributed by atoms with Gasteiger partial charge in [-0.3, -0.25) is 9.69 Å². The topological polar surface area (TPSA) is 64.1 Å². The van der Waals surface area contributed by atoms with Gasteiger partial charge in [-0.2, -0.15) is 0 Å². The number of rotatable bonds is 2. The number of nitrogens with zero attached hydrogens (tertiary/aromatic N) is 3. The predicted molar refractivity (Wildman–Crippen MR) is 75.6 cm³/mol. The van der Waals surface area contributed by atoms with Crippen LogP contribution in [0.3, 0.4) is 0 Å². The van der Waals surface area contributed by atoms with E-state index in [4.69, 9.17) is 5.11 Å². The van der Waals surface area contributed by atoms with Crippen molar-refractivity contribution in [2.24, 2.45) is 5.92 Å². The molecule has 0 radical (unpaired) electrons. The molecule has 0 aromatic heterocycles. The molecule has 0 saturated carbocycles. The number of carbonyl (C=O) groups excluding carboxylic acids is 1. The molecule has 1 atom stereocenters. The lowest BCUT2D eigenvalue weighted by molar-refractivity contribution is -0.138. The van der Waals surface area contributed by atoms with Crippen LogP contribution in [0.5, 0.6) is 0 Å². The van der Waals surface area contributed by atoms with Crippen LogP contribution >= 0.6 is 0 Å². The van der Waals surface area contributed by atoms with Crippen molar-refractivity contribution in [1.82, 2.24) is 14.7 Å². The van der Waals surface area contributed by atoms with Crippen LogP contribution in [0.15, 0.2) is 0 Å². The van der Waals surface area contributed by atoms with Crippen LogP contribution in [-0.4, -0.2) is 77.6 Å². The van der Waals surface area contributed by atoms with E-state index in [0.29, 0.717) is 32.1 Å². The van der Waals surface area contributed by atoms with Gasteiger partial charge < -0.3 is 14.9 Å². The van der Waals surface area contributed by atoms with E-state index in [1.165, 1.54) is 6.42 Å². The highest BCUT2D eigenvalue weighted by Crippen LogP contribution is 2.18. The molecule has 6 nitrogen and oxygen atoms in total. The Labute approximate surface area is 120 Å². The summed E-state index contributed by atoms with van der Waals surface area (Å²) in [5.41, 5.74) is 0. The van der Waals surface area contributed by atoms with Gasteiger partial charge in [0.05, 0.1) is 6.54 Å². The Balaban J connectivity index is 1.80. The summed E-state index contributed by atoms with van der Waals surface area (Å²) < 4.78 is 0. The normalized spacial score (nSPS) is 25.4. The summed E-state index contributed by atoms with van der Waals surface area (Å²) in [7, 11) is 0. The third-order valence-electron chi connectivity index (χ3n) is 4.29. The highest BCUT2D eigenvalue weighted by atomic mass is 16.4. The first-order valence-electron chi connectivity index (χ1n) is 7.54. The Morgan fingerprint density at radius 2 is 1.65 bits per heavy atom. The van der Waals surface area contributed by atoms with E-state index < -0.39 is 5.97 Å². The first-order chi connectivity index (χ1) is 9.56. The minimum Gasteiger partial charge on any atom is -0.480 e. The molecule has 0 aliphatic carbocycles. The first-order valence-corrected chi connectivity index (χ1v) is 7.54. The highest BCUT2D eigenvalue weighted by molar-refractivity contribution is 5.74. The number of carboxylic acid groups (broad SMARTS) is 1. The summed E-state index contributed by atoms with van der Waals surface area (Å²) in [5.74, 6) is -0.0912. The van der Waals surface area contributed by atoms with Crippen LogP contribution in [0.4, 0.5) is 4.79 Å². The number of carbonyl (C=O) groups is 2. The molecule has 6 heteroatoms. The zero-order valence-electron chi connectivity index (χ0n) is 12.3. The predicted octanol–water partition coefficient (Wildman–Crippen LogP) is 0.931. The Morgan fingerprint density at radius 1 is 1.00 bits per heavy atom. The monoisotopic (exact) mass is 283 g/mol. The lowest BCUT2D eigenvalue weighted by atomic mass is 10.0. The Kier molecular flexibility index (Phi) is 5.23. The zero-order valence-corrected chi connectivity index (χ0v) is 12.3.